The van der Waals surface area contributed by atoms with E-state index in [0.29, 0.717) is 79.3 Å². The van der Waals surface area contributed by atoms with Crippen molar-refractivity contribution in [1.82, 2.24) is 0 Å². The summed E-state index contributed by atoms with van der Waals surface area (Å²) in [6, 6.07) is 9.71. The fraction of sp³-hybridized carbons (Fsp3) is 0.750. The highest BCUT2D eigenvalue weighted by molar-refractivity contribution is 14.1. The molecule has 0 spiro atoms. The Bertz CT molecular complexity index is 479. The van der Waals surface area contributed by atoms with Crippen LogP contribution in [0.15, 0.2) is 30.3 Å². The van der Waals surface area contributed by atoms with Crippen molar-refractivity contribution in [2.45, 2.75) is 25.7 Å². The summed E-state index contributed by atoms with van der Waals surface area (Å²) in [4.78, 5) is 0. The van der Waals surface area contributed by atoms with Gasteiger partial charge in [-0.15, -0.1) is 0 Å². The number of hydrogen-bond acceptors (Lipinski definition) is 7. The monoisotopic (exact) mass is 568 g/mol. The van der Waals surface area contributed by atoms with Gasteiger partial charge in [0.15, 0.2) is 0 Å². The van der Waals surface area contributed by atoms with E-state index in [2.05, 4.69) is 22.6 Å². The molecule has 0 atom stereocenters. The molecule has 0 heterocycles. The Labute approximate surface area is 207 Å². The van der Waals surface area contributed by atoms with Crippen molar-refractivity contribution in [2.75, 3.05) is 90.3 Å². The maximum atomic E-state index is 5.54. The minimum atomic E-state index is 0.533. The highest BCUT2D eigenvalue weighted by Gasteiger charge is 1.95. The first-order chi connectivity index (χ1) is 15.9. The molecule has 0 aromatic heterocycles. The molecule has 1 aromatic rings. The minimum Gasteiger partial charge on any atom is -0.491 e. The van der Waals surface area contributed by atoms with E-state index in [1.165, 1.54) is 23.7 Å². The van der Waals surface area contributed by atoms with Crippen LogP contribution in [0.4, 0.5) is 0 Å². The predicted octanol–water partition coefficient (Wildman–Crippen LogP) is 4.16. The molecule has 0 radical (unpaired) electrons. The Morgan fingerprint density at radius 2 is 0.844 bits per heavy atom. The average Bonchev–Trinajstić information content (AvgIpc) is 2.82. The Morgan fingerprint density at radius 3 is 1.31 bits per heavy atom. The van der Waals surface area contributed by atoms with E-state index in [0.717, 1.165) is 18.8 Å². The van der Waals surface area contributed by atoms with Crippen LogP contribution in [0.2, 0.25) is 0 Å². The summed E-state index contributed by atoms with van der Waals surface area (Å²) in [6.45, 7) is 7.63. The van der Waals surface area contributed by atoms with Crippen LogP contribution >= 0.6 is 22.6 Å². The number of benzene rings is 1. The van der Waals surface area contributed by atoms with E-state index < -0.39 is 0 Å². The van der Waals surface area contributed by atoms with Gasteiger partial charge in [-0.25, -0.2) is 0 Å². The van der Waals surface area contributed by atoms with Crippen molar-refractivity contribution < 1.29 is 33.2 Å². The molecule has 1 aromatic carbocycles. The number of halogens is 1. The smallest absolute Gasteiger partial charge is 0.119 e. The van der Waals surface area contributed by atoms with Crippen molar-refractivity contribution in [1.29, 1.82) is 0 Å². The SMILES string of the molecule is ICCCCCCOCCOCCOCCOCCOCCOCCOc1ccccc1. The standard InChI is InChI=1S/C24H41IO7/c25-10-6-1-2-7-11-26-12-13-27-14-15-28-16-17-29-18-19-30-20-21-31-22-23-32-24-8-4-3-5-9-24/h3-5,8-9H,1-2,6-7,10-23H2. The van der Waals surface area contributed by atoms with Crippen molar-refractivity contribution in [2.24, 2.45) is 0 Å². The van der Waals surface area contributed by atoms with Crippen molar-refractivity contribution >= 4 is 22.6 Å². The van der Waals surface area contributed by atoms with E-state index in [-0.39, 0.29) is 0 Å². The van der Waals surface area contributed by atoms with Gasteiger partial charge in [0, 0.05) is 6.61 Å². The fourth-order valence-electron chi connectivity index (χ4n) is 2.59. The number of para-hydroxylation sites is 1. The van der Waals surface area contributed by atoms with Crippen LogP contribution in [-0.4, -0.2) is 90.3 Å². The molecule has 8 heteroatoms. The van der Waals surface area contributed by atoms with Crippen LogP contribution in [0, 0.1) is 0 Å². The van der Waals surface area contributed by atoms with Crippen LogP contribution in [0.25, 0.3) is 0 Å². The zero-order valence-corrected chi connectivity index (χ0v) is 21.5. The van der Waals surface area contributed by atoms with Crippen LogP contribution in [0.5, 0.6) is 5.75 Å². The van der Waals surface area contributed by atoms with Crippen LogP contribution in [-0.2, 0) is 28.4 Å². The molecule has 1 rings (SSSR count). The van der Waals surface area contributed by atoms with Crippen molar-refractivity contribution in [3.05, 3.63) is 30.3 Å². The third kappa shape index (κ3) is 21.4. The number of hydrogen-bond donors (Lipinski definition) is 0. The molecule has 0 amide bonds. The zero-order valence-electron chi connectivity index (χ0n) is 19.4. The third-order valence-electron chi connectivity index (χ3n) is 4.27. The first-order valence-electron chi connectivity index (χ1n) is 11.6. The summed E-state index contributed by atoms with van der Waals surface area (Å²) in [7, 11) is 0. The number of ether oxygens (including phenoxy) is 7. The third-order valence-corrected chi connectivity index (χ3v) is 5.03. The molecule has 32 heavy (non-hydrogen) atoms. The predicted molar refractivity (Wildman–Crippen MR) is 134 cm³/mol. The van der Waals surface area contributed by atoms with Gasteiger partial charge in [0.25, 0.3) is 0 Å². The van der Waals surface area contributed by atoms with E-state index in [1.807, 2.05) is 30.3 Å². The first kappa shape index (κ1) is 29.5. The normalized spacial score (nSPS) is 11.2. The Kier molecular flexibility index (Phi) is 23.2. The van der Waals surface area contributed by atoms with Gasteiger partial charge in [-0.2, -0.15) is 0 Å². The average molecular weight is 568 g/mol. The second-order valence-electron chi connectivity index (χ2n) is 6.94. The molecule has 0 aliphatic heterocycles. The number of unbranched alkanes of at least 4 members (excludes halogenated alkanes) is 3. The van der Waals surface area contributed by atoms with Gasteiger partial charge in [0.1, 0.15) is 12.4 Å². The van der Waals surface area contributed by atoms with Gasteiger partial charge in [-0.3, -0.25) is 0 Å². The second-order valence-corrected chi connectivity index (χ2v) is 8.02. The van der Waals surface area contributed by atoms with Crippen molar-refractivity contribution in [3.63, 3.8) is 0 Å². The molecule has 0 fully saturated rings. The fourth-order valence-corrected chi connectivity index (χ4v) is 3.13. The molecule has 186 valence electrons. The lowest BCUT2D eigenvalue weighted by Crippen LogP contribution is -2.14. The second kappa shape index (κ2) is 25.1. The Balaban J connectivity index is 1.64. The molecule has 0 saturated heterocycles. The lowest BCUT2D eigenvalue weighted by atomic mass is 10.2. The highest BCUT2D eigenvalue weighted by Crippen LogP contribution is 2.07. The first-order valence-corrected chi connectivity index (χ1v) is 13.2. The molecule has 0 aliphatic carbocycles. The highest BCUT2D eigenvalue weighted by atomic mass is 127. The summed E-state index contributed by atoms with van der Waals surface area (Å²) in [5, 5.41) is 0. The van der Waals surface area contributed by atoms with E-state index in [9.17, 15) is 0 Å². The maximum absolute atomic E-state index is 5.54. The van der Waals surface area contributed by atoms with Crippen LogP contribution < -0.4 is 4.74 Å². The van der Waals surface area contributed by atoms with Gasteiger partial charge in [0.05, 0.1) is 72.7 Å². The topological polar surface area (TPSA) is 64.6 Å². The van der Waals surface area contributed by atoms with E-state index in [1.54, 1.807) is 0 Å². The van der Waals surface area contributed by atoms with Gasteiger partial charge < -0.3 is 33.2 Å². The van der Waals surface area contributed by atoms with Gasteiger partial charge >= 0.3 is 0 Å². The summed E-state index contributed by atoms with van der Waals surface area (Å²) in [5.74, 6) is 0.856. The summed E-state index contributed by atoms with van der Waals surface area (Å²) >= 11 is 2.42. The molecular formula is C24H41IO7. The Hall–Kier alpha value is -0.490. The summed E-state index contributed by atoms with van der Waals surface area (Å²) < 4.78 is 39.7. The van der Waals surface area contributed by atoms with Gasteiger partial charge in [0.2, 0.25) is 0 Å². The van der Waals surface area contributed by atoms with Gasteiger partial charge in [-0.1, -0.05) is 53.6 Å². The molecule has 7 nitrogen and oxygen atoms in total. The van der Waals surface area contributed by atoms with E-state index in [4.69, 9.17) is 33.2 Å². The van der Waals surface area contributed by atoms with E-state index >= 15 is 0 Å². The maximum Gasteiger partial charge on any atom is 0.119 e. The van der Waals surface area contributed by atoms with Crippen LogP contribution in [0.3, 0.4) is 0 Å². The summed E-state index contributed by atoms with van der Waals surface area (Å²) in [5.41, 5.74) is 0. The molecule has 0 aliphatic rings. The number of alkyl halides is 1. The lowest BCUT2D eigenvalue weighted by Gasteiger charge is -2.09. The Morgan fingerprint density at radius 1 is 0.438 bits per heavy atom. The minimum absolute atomic E-state index is 0.533. The number of rotatable bonds is 25. The largest absolute Gasteiger partial charge is 0.491 e. The molecule has 0 saturated carbocycles. The summed E-state index contributed by atoms with van der Waals surface area (Å²) in [6.07, 6.45) is 5.01. The zero-order chi connectivity index (χ0) is 22.8. The molecule has 0 unspecified atom stereocenters. The lowest BCUT2D eigenvalue weighted by molar-refractivity contribution is -0.0179. The molecule has 0 N–H and O–H groups in total. The van der Waals surface area contributed by atoms with Crippen molar-refractivity contribution in [3.8, 4) is 5.75 Å². The molecular weight excluding hydrogens is 527 g/mol. The quantitative estimate of drug-likeness (QED) is 0.0998. The molecule has 0 bridgehead atoms. The van der Waals surface area contributed by atoms with Crippen LogP contribution in [0.1, 0.15) is 25.7 Å². The van der Waals surface area contributed by atoms with Gasteiger partial charge in [-0.05, 0) is 29.4 Å².